The maximum Gasteiger partial charge on any atom is 0.169 e. The van der Waals surface area contributed by atoms with Gasteiger partial charge in [0.25, 0.3) is 0 Å². The van der Waals surface area contributed by atoms with E-state index in [0.29, 0.717) is 12.0 Å². The van der Waals surface area contributed by atoms with Crippen LogP contribution >= 0.6 is 15.9 Å². The molecule has 84 valence electrons. The van der Waals surface area contributed by atoms with Gasteiger partial charge in [-0.05, 0) is 52.7 Å². The van der Waals surface area contributed by atoms with Crippen LogP contribution in [0.4, 0.5) is 0 Å². The van der Waals surface area contributed by atoms with Crippen molar-refractivity contribution < 1.29 is 9.52 Å². The third kappa shape index (κ3) is 3.06. The zero-order valence-corrected chi connectivity index (χ0v) is 10.2. The molecule has 0 aromatic carbocycles. The molecule has 1 aromatic rings. The summed E-state index contributed by atoms with van der Waals surface area (Å²) in [5.74, 6) is 0.946. The van der Waals surface area contributed by atoms with E-state index in [1.54, 1.807) is 0 Å². The van der Waals surface area contributed by atoms with Gasteiger partial charge in [-0.25, -0.2) is 0 Å². The van der Waals surface area contributed by atoms with Crippen molar-refractivity contribution >= 4 is 15.9 Å². The second kappa shape index (κ2) is 4.68. The number of aliphatic hydroxyl groups is 1. The van der Waals surface area contributed by atoms with E-state index in [2.05, 4.69) is 21.2 Å². The second-order valence-corrected chi connectivity index (χ2v) is 5.06. The summed E-state index contributed by atoms with van der Waals surface area (Å²) in [5, 5.41) is 12.3. The van der Waals surface area contributed by atoms with E-state index in [9.17, 15) is 0 Å². The molecular formula is C11H16BrNO2. The molecule has 0 amide bonds. The molecule has 0 atom stereocenters. The monoisotopic (exact) mass is 273 g/mol. The minimum absolute atomic E-state index is 0.300. The Labute approximate surface area is 98.0 Å². The Morgan fingerprint density at radius 3 is 2.80 bits per heavy atom. The molecule has 3 nitrogen and oxygen atoms in total. The van der Waals surface area contributed by atoms with Crippen molar-refractivity contribution in [2.45, 2.75) is 25.8 Å². The van der Waals surface area contributed by atoms with Crippen LogP contribution in [0, 0.1) is 5.41 Å². The van der Waals surface area contributed by atoms with Crippen molar-refractivity contribution in [1.82, 2.24) is 5.32 Å². The van der Waals surface area contributed by atoms with Gasteiger partial charge in [0.05, 0.1) is 6.54 Å². The molecule has 0 saturated heterocycles. The first-order valence-electron chi connectivity index (χ1n) is 5.30. The summed E-state index contributed by atoms with van der Waals surface area (Å²) in [7, 11) is 0. The SMILES string of the molecule is OCCC1(CNCc2ccc(Br)o2)CC1. The molecule has 2 N–H and O–H groups in total. The summed E-state index contributed by atoms with van der Waals surface area (Å²) in [6.07, 6.45) is 3.40. The molecule has 1 aliphatic rings. The van der Waals surface area contributed by atoms with E-state index in [0.717, 1.165) is 29.9 Å². The van der Waals surface area contributed by atoms with Crippen LogP contribution < -0.4 is 5.32 Å². The highest BCUT2D eigenvalue weighted by Gasteiger charge is 2.41. The van der Waals surface area contributed by atoms with Gasteiger partial charge in [0.1, 0.15) is 5.76 Å². The van der Waals surface area contributed by atoms with Gasteiger partial charge in [-0.2, -0.15) is 0 Å². The quantitative estimate of drug-likeness (QED) is 0.836. The summed E-state index contributed by atoms with van der Waals surface area (Å²) in [6.45, 7) is 2.04. The van der Waals surface area contributed by atoms with Gasteiger partial charge in [0.15, 0.2) is 4.67 Å². The molecule has 0 unspecified atom stereocenters. The van der Waals surface area contributed by atoms with Crippen LogP contribution in [-0.4, -0.2) is 18.3 Å². The third-order valence-corrected chi connectivity index (χ3v) is 3.45. The predicted molar refractivity (Wildman–Crippen MR) is 61.5 cm³/mol. The van der Waals surface area contributed by atoms with Crippen molar-refractivity contribution in [3.8, 4) is 0 Å². The fourth-order valence-corrected chi connectivity index (χ4v) is 2.17. The van der Waals surface area contributed by atoms with E-state index in [-0.39, 0.29) is 0 Å². The van der Waals surface area contributed by atoms with E-state index < -0.39 is 0 Å². The summed E-state index contributed by atoms with van der Waals surface area (Å²) >= 11 is 3.27. The molecule has 4 heteroatoms. The van der Waals surface area contributed by atoms with E-state index >= 15 is 0 Å². The van der Waals surface area contributed by atoms with Crippen molar-refractivity contribution in [2.75, 3.05) is 13.2 Å². The molecule has 1 heterocycles. The Balaban J connectivity index is 1.71. The summed E-state index contributed by atoms with van der Waals surface area (Å²) in [5.41, 5.74) is 0.374. The van der Waals surface area contributed by atoms with Gasteiger partial charge in [-0.3, -0.25) is 0 Å². The number of hydrogen-bond donors (Lipinski definition) is 2. The van der Waals surface area contributed by atoms with Crippen LogP contribution in [0.5, 0.6) is 0 Å². The predicted octanol–water partition coefficient (Wildman–Crippen LogP) is 2.29. The van der Waals surface area contributed by atoms with Crippen LogP contribution in [0.15, 0.2) is 21.2 Å². The smallest absolute Gasteiger partial charge is 0.169 e. The van der Waals surface area contributed by atoms with Crippen molar-refractivity contribution in [3.05, 3.63) is 22.6 Å². The molecule has 0 bridgehead atoms. The van der Waals surface area contributed by atoms with E-state index in [4.69, 9.17) is 9.52 Å². The molecule has 1 saturated carbocycles. The molecule has 15 heavy (non-hydrogen) atoms. The van der Waals surface area contributed by atoms with Gasteiger partial charge in [0.2, 0.25) is 0 Å². The lowest BCUT2D eigenvalue weighted by Crippen LogP contribution is -2.24. The van der Waals surface area contributed by atoms with Gasteiger partial charge in [-0.1, -0.05) is 0 Å². The van der Waals surface area contributed by atoms with E-state index in [1.165, 1.54) is 12.8 Å². The maximum absolute atomic E-state index is 8.91. The van der Waals surface area contributed by atoms with Crippen LogP contribution in [0.1, 0.15) is 25.0 Å². The highest BCUT2D eigenvalue weighted by atomic mass is 79.9. The molecule has 1 aliphatic carbocycles. The molecule has 1 aromatic heterocycles. The number of halogens is 1. The van der Waals surface area contributed by atoms with Gasteiger partial charge in [0, 0.05) is 13.2 Å². The second-order valence-electron chi connectivity index (χ2n) is 4.28. The molecule has 0 radical (unpaired) electrons. The summed E-state index contributed by atoms with van der Waals surface area (Å²) in [4.78, 5) is 0. The van der Waals surface area contributed by atoms with E-state index in [1.807, 2.05) is 12.1 Å². The lowest BCUT2D eigenvalue weighted by atomic mass is 10.0. The highest BCUT2D eigenvalue weighted by molar-refractivity contribution is 9.10. The Bertz CT molecular complexity index is 320. The molecule has 0 spiro atoms. The van der Waals surface area contributed by atoms with Gasteiger partial charge < -0.3 is 14.8 Å². The Kier molecular flexibility index (Phi) is 3.49. The van der Waals surface area contributed by atoms with Crippen LogP contribution in [0.25, 0.3) is 0 Å². The standard InChI is InChI=1S/C11H16BrNO2/c12-10-2-1-9(15-10)7-13-8-11(3-4-11)5-6-14/h1-2,13-14H,3-8H2. The van der Waals surface area contributed by atoms with Crippen molar-refractivity contribution in [3.63, 3.8) is 0 Å². The summed E-state index contributed by atoms with van der Waals surface area (Å²) in [6, 6.07) is 3.86. The molecule has 0 aliphatic heterocycles. The number of aliphatic hydroxyl groups excluding tert-OH is 1. The Morgan fingerprint density at radius 1 is 1.47 bits per heavy atom. The molecule has 1 fully saturated rings. The first kappa shape index (κ1) is 11.2. The highest BCUT2D eigenvalue weighted by Crippen LogP contribution is 2.47. The van der Waals surface area contributed by atoms with Crippen LogP contribution in [-0.2, 0) is 6.54 Å². The maximum atomic E-state index is 8.91. The average Bonchev–Trinajstić information content (AvgIpc) is 2.83. The first-order valence-corrected chi connectivity index (χ1v) is 6.09. The zero-order valence-electron chi connectivity index (χ0n) is 8.63. The fourth-order valence-electron chi connectivity index (χ4n) is 1.83. The lowest BCUT2D eigenvalue weighted by Gasteiger charge is -2.13. The van der Waals surface area contributed by atoms with Crippen LogP contribution in [0.2, 0.25) is 0 Å². The molecule has 2 rings (SSSR count). The third-order valence-electron chi connectivity index (χ3n) is 3.03. The first-order chi connectivity index (χ1) is 7.24. The Morgan fingerprint density at radius 2 is 2.27 bits per heavy atom. The Hall–Kier alpha value is -0.320. The normalized spacial score (nSPS) is 18.0. The number of hydrogen-bond acceptors (Lipinski definition) is 3. The van der Waals surface area contributed by atoms with Gasteiger partial charge in [-0.15, -0.1) is 0 Å². The molecular weight excluding hydrogens is 258 g/mol. The topological polar surface area (TPSA) is 45.4 Å². The van der Waals surface area contributed by atoms with Crippen LogP contribution in [0.3, 0.4) is 0 Å². The average molecular weight is 274 g/mol. The largest absolute Gasteiger partial charge is 0.453 e. The number of rotatable bonds is 6. The fraction of sp³-hybridized carbons (Fsp3) is 0.636. The minimum atomic E-state index is 0.300. The summed E-state index contributed by atoms with van der Waals surface area (Å²) < 4.78 is 6.16. The van der Waals surface area contributed by atoms with Crippen molar-refractivity contribution in [1.29, 1.82) is 0 Å². The number of furan rings is 1. The van der Waals surface area contributed by atoms with Gasteiger partial charge >= 0.3 is 0 Å². The zero-order chi connectivity index (χ0) is 10.7. The van der Waals surface area contributed by atoms with Crippen molar-refractivity contribution in [2.24, 2.45) is 5.41 Å². The minimum Gasteiger partial charge on any atom is -0.453 e. The number of nitrogens with one attached hydrogen (secondary N) is 1. The lowest BCUT2D eigenvalue weighted by molar-refractivity contribution is 0.244.